The molecular formula is C21H26N2O3S. The van der Waals surface area contributed by atoms with Crippen molar-refractivity contribution in [1.82, 2.24) is 10.2 Å². The number of rotatable bonds is 8. The minimum absolute atomic E-state index is 0.0586. The van der Waals surface area contributed by atoms with Gasteiger partial charge in [0.1, 0.15) is 5.75 Å². The van der Waals surface area contributed by atoms with E-state index in [1.54, 1.807) is 6.07 Å². The summed E-state index contributed by atoms with van der Waals surface area (Å²) in [5, 5.41) is 4.75. The number of thiophene rings is 1. The third-order valence-electron chi connectivity index (χ3n) is 4.79. The first-order valence-corrected chi connectivity index (χ1v) is 10.4. The molecule has 0 spiro atoms. The Morgan fingerprint density at radius 2 is 1.89 bits per heavy atom. The van der Waals surface area contributed by atoms with Crippen molar-refractivity contribution < 1.29 is 14.3 Å². The summed E-state index contributed by atoms with van der Waals surface area (Å²) in [4.78, 5) is 26.8. The van der Waals surface area contributed by atoms with Gasteiger partial charge in [0, 0.05) is 26.1 Å². The van der Waals surface area contributed by atoms with E-state index in [2.05, 4.69) is 5.32 Å². The van der Waals surface area contributed by atoms with Crippen LogP contribution in [-0.2, 0) is 4.79 Å². The van der Waals surface area contributed by atoms with Gasteiger partial charge in [0.2, 0.25) is 5.91 Å². The van der Waals surface area contributed by atoms with Crippen LogP contribution in [0.2, 0.25) is 0 Å². The quantitative estimate of drug-likeness (QED) is 0.706. The van der Waals surface area contributed by atoms with Crippen molar-refractivity contribution in [3.05, 3.63) is 52.7 Å². The molecule has 0 aliphatic carbocycles. The molecule has 1 aromatic carbocycles. The molecule has 2 aromatic rings. The molecule has 6 heteroatoms. The first-order chi connectivity index (χ1) is 13.2. The van der Waals surface area contributed by atoms with Crippen molar-refractivity contribution in [2.75, 3.05) is 26.2 Å². The fraction of sp³-hybridized carbons (Fsp3) is 0.429. The van der Waals surface area contributed by atoms with Crippen molar-refractivity contribution in [3.8, 4) is 5.75 Å². The first kappa shape index (κ1) is 19.4. The Morgan fingerprint density at radius 3 is 2.59 bits per heavy atom. The fourth-order valence-corrected chi connectivity index (χ4v) is 3.81. The summed E-state index contributed by atoms with van der Waals surface area (Å²) in [5.74, 6) is 1.53. The lowest BCUT2D eigenvalue weighted by atomic mass is 9.97. The van der Waals surface area contributed by atoms with Crippen LogP contribution in [0.25, 0.3) is 0 Å². The van der Waals surface area contributed by atoms with Gasteiger partial charge in [-0.25, -0.2) is 0 Å². The van der Waals surface area contributed by atoms with Crippen molar-refractivity contribution in [1.29, 1.82) is 0 Å². The Labute approximate surface area is 164 Å². The maximum atomic E-state index is 12.3. The molecule has 1 saturated heterocycles. The summed E-state index contributed by atoms with van der Waals surface area (Å²) in [7, 11) is 0. The maximum Gasteiger partial charge on any atom is 0.261 e. The predicted octanol–water partition coefficient (Wildman–Crippen LogP) is 3.58. The van der Waals surface area contributed by atoms with Crippen LogP contribution in [0, 0.1) is 5.92 Å². The second-order valence-corrected chi connectivity index (χ2v) is 7.73. The van der Waals surface area contributed by atoms with Crippen LogP contribution < -0.4 is 10.1 Å². The molecule has 2 amide bonds. The van der Waals surface area contributed by atoms with Crippen LogP contribution in [0.1, 0.15) is 35.4 Å². The minimum atomic E-state index is -0.0586. The van der Waals surface area contributed by atoms with Crippen molar-refractivity contribution >= 4 is 23.2 Å². The zero-order valence-corrected chi connectivity index (χ0v) is 16.2. The third kappa shape index (κ3) is 6.10. The largest absolute Gasteiger partial charge is 0.493 e. The van der Waals surface area contributed by atoms with Gasteiger partial charge in [-0.1, -0.05) is 24.3 Å². The van der Waals surface area contributed by atoms with Crippen LogP contribution in [0.3, 0.4) is 0 Å². The number of carbonyl (C=O) groups is 2. The Kier molecular flexibility index (Phi) is 7.27. The molecule has 1 aliphatic heterocycles. The van der Waals surface area contributed by atoms with Crippen molar-refractivity contribution in [2.24, 2.45) is 5.92 Å². The van der Waals surface area contributed by atoms with Gasteiger partial charge in [-0.3, -0.25) is 9.59 Å². The molecule has 0 unspecified atom stereocenters. The summed E-state index contributed by atoms with van der Waals surface area (Å²) < 4.78 is 5.83. The van der Waals surface area contributed by atoms with E-state index < -0.39 is 0 Å². The highest BCUT2D eigenvalue weighted by molar-refractivity contribution is 7.12. The zero-order valence-electron chi connectivity index (χ0n) is 15.4. The molecule has 144 valence electrons. The summed E-state index contributed by atoms with van der Waals surface area (Å²) in [6.07, 6.45) is 3.12. The number of nitrogens with one attached hydrogen (secondary N) is 1. The predicted molar refractivity (Wildman–Crippen MR) is 107 cm³/mol. The van der Waals surface area contributed by atoms with Gasteiger partial charge in [-0.15, -0.1) is 11.3 Å². The van der Waals surface area contributed by atoms with Crippen LogP contribution in [0.5, 0.6) is 5.75 Å². The maximum absolute atomic E-state index is 12.3. The highest BCUT2D eigenvalue weighted by atomic mass is 32.1. The van der Waals surface area contributed by atoms with Gasteiger partial charge >= 0.3 is 0 Å². The average molecular weight is 387 g/mol. The monoisotopic (exact) mass is 386 g/mol. The molecule has 2 heterocycles. The van der Waals surface area contributed by atoms with E-state index in [4.69, 9.17) is 4.74 Å². The lowest BCUT2D eigenvalue weighted by Gasteiger charge is -2.32. The number of hydrogen-bond acceptors (Lipinski definition) is 4. The molecule has 5 nitrogen and oxygen atoms in total. The second kappa shape index (κ2) is 10.1. The fourth-order valence-electron chi connectivity index (χ4n) is 3.17. The molecule has 0 bridgehead atoms. The number of benzene rings is 1. The number of carbonyl (C=O) groups excluding carboxylic acids is 2. The van der Waals surface area contributed by atoms with Crippen LogP contribution in [-0.4, -0.2) is 43.0 Å². The van der Waals surface area contributed by atoms with E-state index in [1.807, 2.05) is 46.7 Å². The summed E-state index contributed by atoms with van der Waals surface area (Å²) >= 11 is 1.42. The summed E-state index contributed by atoms with van der Waals surface area (Å²) in [6.45, 7) is 2.83. The van der Waals surface area contributed by atoms with Gasteiger partial charge in [-0.2, -0.15) is 0 Å². The third-order valence-corrected chi connectivity index (χ3v) is 5.66. The van der Waals surface area contributed by atoms with E-state index in [9.17, 15) is 9.59 Å². The number of likely N-dealkylation sites (tertiary alicyclic amines) is 1. The van der Waals surface area contributed by atoms with Gasteiger partial charge in [0.25, 0.3) is 5.91 Å². The topological polar surface area (TPSA) is 58.6 Å². The number of amides is 2. The molecule has 0 radical (unpaired) electrons. The number of ether oxygens (including phenoxy) is 1. The molecule has 3 rings (SSSR count). The van der Waals surface area contributed by atoms with E-state index in [1.165, 1.54) is 11.3 Å². The van der Waals surface area contributed by atoms with Crippen molar-refractivity contribution in [3.63, 3.8) is 0 Å². The van der Waals surface area contributed by atoms with Gasteiger partial charge < -0.3 is 15.0 Å². The van der Waals surface area contributed by atoms with Crippen LogP contribution >= 0.6 is 11.3 Å². The summed E-state index contributed by atoms with van der Waals surface area (Å²) in [5.41, 5.74) is 0. The SMILES string of the molecule is O=C(NCCCC(=O)N1CCC(COc2ccccc2)CC1)c1cccs1. The lowest BCUT2D eigenvalue weighted by Crippen LogP contribution is -2.40. The molecule has 1 aliphatic rings. The van der Waals surface area contributed by atoms with E-state index in [-0.39, 0.29) is 11.8 Å². The lowest BCUT2D eigenvalue weighted by molar-refractivity contribution is -0.132. The highest BCUT2D eigenvalue weighted by Crippen LogP contribution is 2.20. The Hall–Kier alpha value is -2.34. The van der Waals surface area contributed by atoms with Crippen LogP contribution in [0.4, 0.5) is 0 Å². The number of nitrogens with zero attached hydrogens (tertiary/aromatic N) is 1. The van der Waals surface area contributed by atoms with Gasteiger partial charge in [-0.05, 0) is 48.8 Å². The zero-order chi connectivity index (χ0) is 18.9. The molecule has 27 heavy (non-hydrogen) atoms. The smallest absolute Gasteiger partial charge is 0.261 e. The molecule has 1 fully saturated rings. The molecule has 0 saturated carbocycles. The number of piperidine rings is 1. The second-order valence-electron chi connectivity index (χ2n) is 6.78. The Morgan fingerprint density at radius 1 is 1.11 bits per heavy atom. The van der Waals surface area contributed by atoms with E-state index in [0.717, 1.165) is 31.7 Å². The van der Waals surface area contributed by atoms with E-state index >= 15 is 0 Å². The molecular weight excluding hydrogens is 360 g/mol. The van der Waals surface area contributed by atoms with Crippen molar-refractivity contribution in [2.45, 2.75) is 25.7 Å². The Balaban J connectivity index is 1.28. The molecule has 1 aromatic heterocycles. The normalized spacial score (nSPS) is 14.7. The first-order valence-electron chi connectivity index (χ1n) is 9.49. The summed E-state index contributed by atoms with van der Waals surface area (Å²) in [6, 6.07) is 13.5. The average Bonchev–Trinajstić information content (AvgIpc) is 3.25. The van der Waals surface area contributed by atoms with Gasteiger partial charge in [0.05, 0.1) is 11.5 Å². The molecule has 1 N–H and O–H groups in total. The Bertz CT molecular complexity index is 710. The van der Waals surface area contributed by atoms with E-state index in [0.29, 0.717) is 36.8 Å². The molecule has 0 atom stereocenters. The standard InChI is InChI=1S/C21H26N2O3S/c24-20(9-4-12-22-21(25)19-8-5-15-27-19)23-13-10-17(11-14-23)16-26-18-6-2-1-3-7-18/h1-3,5-8,15,17H,4,9-14,16H2,(H,22,25). The number of hydrogen-bond donors (Lipinski definition) is 1. The van der Waals surface area contributed by atoms with Crippen LogP contribution in [0.15, 0.2) is 47.8 Å². The van der Waals surface area contributed by atoms with Gasteiger partial charge in [0.15, 0.2) is 0 Å². The number of para-hydroxylation sites is 1. The minimum Gasteiger partial charge on any atom is -0.493 e. The highest BCUT2D eigenvalue weighted by Gasteiger charge is 2.22.